The molecule has 0 saturated heterocycles. The van der Waals surface area contributed by atoms with Crippen molar-refractivity contribution in [1.82, 2.24) is 0 Å². The van der Waals surface area contributed by atoms with Gasteiger partial charge in [-0.15, -0.1) is 12.4 Å². The molecule has 0 spiro atoms. The monoisotopic (exact) mass is 307 g/mol. The molecule has 0 amide bonds. The van der Waals surface area contributed by atoms with Gasteiger partial charge >= 0.3 is 12.1 Å². The number of nitrogens with two attached hydrogens (primary N) is 1. The first-order valence-electron chi connectivity index (χ1n) is 4.68. The molecule has 0 fully saturated rings. The van der Waals surface area contributed by atoms with Crippen LogP contribution in [0.2, 0.25) is 0 Å². The molecule has 3 nitrogen and oxygen atoms in total. The zero-order valence-electron chi connectivity index (χ0n) is 9.54. The standard InChI is InChI=1S/C10H10F5NO2.ClH/c1-18-7-4-5(2-3-6(7)17)8(16)9(11,12)10(13,14)15;/h2-4,8,17H,16H2,1H3;1H/t8-;/m1./s1. The van der Waals surface area contributed by atoms with E-state index in [0.29, 0.717) is 0 Å². The van der Waals surface area contributed by atoms with Crippen LogP contribution in [0.1, 0.15) is 11.6 Å². The fraction of sp³-hybridized carbons (Fsp3) is 0.400. The zero-order valence-corrected chi connectivity index (χ0v) is 10.4. The third-order valence-electron chi connectivity index (χ3n) is 2.33. The number of hydrogen-bond donors (Lipinski definition) is 2. The average Bonchev–Trinajstić information content (AvgIpc) is 2.27. The van der Waals surface area contributed by atoms with Crippen molar-refractivity contribution in [3.8, 4) is 11.5 Å². The van der Waals surface area contributed by atoms with E-state index in [9.17, 15) is 27.1 Å². The first-order valence-corrected chi connectivity index (χ1v) is 4.68. The van der Waals surface area contributed by atoms with Crippen LogP contribution in [0.4, 0.5) is 22.0 Å². The Morgan fingerprint density at radius 1 is 1.21 bits per heavy atom. The van der Waals surface area contributed by atoms with Crippen LogP contribution in [0.5, 0.6) is 11.5 Å². The predicted molar refractivity (Wildman–Crippen MR) is 59.8 cm³/mol. The minimum atomic E-state index is -5.75. The SMILES string of the molecule is COc1cc([C@@H](N)C(F)(F)C(F)(F)F)ccc1O.Cl. The van der Waals surface area contributed by atoms with Crippen LogP contribution < -0.4 is 10.5 Å². The van der Waals surface area contributed by atoms with Crippen LogP contribution >= 0.6 is 12.4 Å². The fourth-order valence-electron chi connectivity index (χ4n) is 1.27. The van der Waals surface area contributed by atoms with E-state index >= 15 is 0 Å². The second-order valence-electron chi connectivity index (χ2n) is 3.53. The number of ether oxygens (including phenoxy) is 1. The third-order valence-corrected chi connectivity index (χ3v) is 2.33. The normalized spacial score (nSPS) is 13.6. The summed E-state index contributed by atoms with van der Waals surface area (Å²) in [4.78, 5) is 0. The van der Waals surface area contributed by atoms with E-state index in [2.05, 4.69) is 4.74 Å². The maximum absolute atomic E-state index is 13.0. The first kappa shape index (κ1) is 17.7. The predicted octanol–water partition coefficient (Wildman–Crippen LogP) is 3.02. The molecule has 0 aliphatic rings. The Kier molecular flexibility index (Phi) is 5.40. The van der Waals surface area contributed by atoms with Gasteiger partial charge in [0.1, 0.15) is 6.04 Å². The lowest BCUT2D eigenvalue weighted by Crippen LogP contribution is -2.45. The number of rotatable bonds is 3. The minimum absolute atomic E-state index is 0. The summed E-state index contributed by atoms with van der Waals surface area (Å²) in [7, 11) is 1.13. The Labute approximate surface area is 111 Å². The summed E-state index contributed by atoms with van der Waals surface area (Å²) in [5.41, 5.74) is 4.43. The van der Waals surface area contributed by atoms with E-state index in [4.69, 9.17) is 5.73 Å². The van der Waals surface area contributed by atoms with Crippen LogP contribution in [-0.2, 0) is 0 Å². The zero-order chi connectivity index (χ0) is 14.1. The number of hydrogen-bond acceptors (Lipinski definition) is 3. The van der Waals surface area contributed by atoms with Crippen LogP contribution in [0.3, 0.4) is 0 Å². The summed E-state index contributed by atoms with van der Waals surface area (Å²) in [6, 6.07) is 0.0643. The Hall–Kier alpha value is -1.28. The molecule has 0 radical (unpaired) electrons. The van der Waals surface area contributed by atoms with Gasteiger partial charge in [0.15, 0.2) is 11.5 Å². The van der Waals surface area contributed by atoms with Gasteiger partial charge < -0.3 is 15.6 Å². The van der Waals surface area contributed by atoms with Gasteiger partial charge in [0.05, 0.1) is 7.11 Å². The molecule has 0 unspecified atom stereocenters. The van der Waals surface area contributed by atoms with E-state index < -0.39 is 23.7 Å². The topological polar surface area (TPSA) is 55.5 Å². The summed E-state index contributed by atoms with van der Waals surface area (Å²) in [5, 5.41) is 9.20. The molecule has 1 atom stereocenters. The molecular formula is C10H11ClF5NO2. The number of aromatic hydroxyl groups is 1. The largest absolute Gasteiger partial charge is 0.504 e. The molecule has 19 heavy (non-hydrogen) atoms. The molecular weight excluding hydrogens is 297 g/mol. The fourth-order valence-corrected chi connectivity index (χ4v) is 1.27. The number of phenolic OH excluding ortho intramolecular Hbond substituents is 1. The van der Waals surface area contributed by atoms with Crippen molar-refractivity contribution in [2.24, 2.45) is 5.73 Å². The Morgan fingerprint density at radius 2 is 1.74 bits per heavy atom. The van der Waals surface area contributed by atoms with E-state index in [0.717, 1.165) is 25.3 Å². The molecule has 0 saturated carbocycles. The van der Waals surface area contributed by atoms with Crippen LogP contribution in [-0.4, -0.2) is 24.3 Å². The maximum Gasteiger partial charge on any atom is 0.455 e. The Bertz CT molecular complexity index is 438. The lowest BCUT2D eigenvalue weighted by molar-refractivity contribution is -0.291. The van der Waals surface area contributed by atoms with Crippen molar-refractivity contribution in [2.75, 3.05) is 7.11 Å². The average molecular weight is 308 g/mol. The van der Waals surface area contributed by atoms with Gasteiger partial charge in [0.2, 0.25) is 0 Å². The van der Waals surface area contributed by atoms with Crippen molar-refractivity contribution >= 4 is 12.4 Å². The highest BCUT2D eigenvalue weighted by Crippen LogP contribution is 2.44. The van der Waals surface area contributed by atoms with Gasteiger partial charge in [-0.3, -0.25) is 0 Å². The number of alkyl halides is 5. The molecule has 0 aliphatic heterocycles. The molecule has 9 heteroatoms. The van der Waals surface area contributed by atoms with Crippen molar-refractivity contribution in [3.63, 3.8) is 0 Å². The van der Waals surface area contributed by atoms with Crippen LogP contribution in [0.25, 0.3) is 0 Å². The Balaban J connectivity index is 0.00000324. The van der Waals surface area contributed by atoms with Gasteiger partial charge in [-0.05, 0) is 17.7 Å². The highest BCUT2D eigenvalue weighted by atomic mass is 35.5. The lowest BCUT2D eigenvalue weighted by Gasteiger charge is -2.26. The van der Waals surface area contributed by atoms with E-state index in [-0.39, 0.29) is 23.9 Å². The second-order valence-corrected chi connectivity index (χ2v) is 3.53. The molecule has 0 heterocycles. The number of benzene rings is 1. The lowest BCUT2D eigenvalue weighted by atomic mass is 10.0. The summed E-state index contributed by atoms with van der Waals surface area (Å²) >= 11 is 0. The maximum atomic E-state index is 13.0. The molecule has 3 N–H and O–H groups in total. The highest BCUT2D eigenvalue weighted by Gasteiger charge is 2.61. The molecule has 1 aromatic carbocycles. The molecule has 0 aromatic heterocycles. The smallest absolute Gasteiger partial charge is 0.455 e. The third kappa shape index (κ3) is 3.38. The van der Waals surface area contributed by atoms with Gasteiger partial charge in [-0.25, -0.2) is 0 Å². The van der Waals surface area contributed by atoms with Gasteiger partial charge in [-0.1, -0.05) is 6.07 Å². The summed E-state index contributed by atoms with van der Waals surface area (Å²) < 4.78 is 66.9. The highest BCUT2D eigenvalue weighted by molar-refractivity contribution is 5.85. The van der Waals surface area contributed by atoms with Crippen molar-refractivity contribution in [2.45, 2.75) is 18.1 Å². The molecule has 1 aromatic rings. The van der Waals surface area contributed by atoms with Crippen molar-refractivity contribution in [3.05, 3.63) is 23.8 Å². The van der Waals surface area contributed by atoms with Gasteiger partial charge in [-0.2, -0.15) is 22.0 Å². The van der Waals surface area contributed by atoms with Crippen molar-refractivity contribution in [1.29, 1.82) is 0 Å². The number of phenols is 1. The number of methoxy groups -OCH3 is 1. The quantitative estimate of drug-likeness (QED) is 0.844. The summed E-state index contributed by atoms with van der Waals surface area (Å²) in [6.07, 6.45) is -5.75. The summed E-state index contributed by atoms with van der Waals surface area (Å²) in [5.74, 6) is -5.70. The van der Waals surface area contributed by atoms with E-state index in [1.54, 1.807) is 0 Å². The molecule has 0 bridgehead atoms. The van der Waals surface area contributed by atoms with Crippen LogP contribution in [0.15, 0.2) is 18.2 Å². The Morgan fingerprint density at radius 3 is 2.16 bits per heavy atom. The molecule has 110 valence electrons. The minimum Gasteiger partial charge on any atom is -0.504 e. The van der Waals surface area contributed by atoms with Gasteiger partial charge in [0, 0.05) is 0 Å². The molecule has 1 rings (SSSR count). The number of halogens is 6. The summed E-state index contributed by atoms with van der Waals surface area (Å²) in [6.45, 7) is 0. The van der Waals surface area contributed by atoms with Crippen molar-refractivity contribution < 1.29 is 31.8 Å². The first-order chi connectivity index (χ1) is 8.11. The van der Waals surface area contributed by atoms with E-state index in [1.165, 1.54) is 0 Å². The van der Waals surface area contributed by atoms with Gasteiger partial charge in [0.25, 0.3) is 0 Å². The van der Waals surface area contributed by atoms with Crippen LogP contribution in [0, 0.1) is 0 Å². The van der Waals surface area contributed by atoms with E-state index in [1.807, 2.05) is 0 Å². The molecule has 0 aliphatic carbocycles. The second kappa shape index (κ2) is 5.79.